The lowest BCUT2D eigenvalue weighted by Gasteiger charge is -1.69. The third-order valence-electron chi connectivity index (χ3n) is 1.27. The molecule has 0 atom stereocenters. The summed E-state index contributed by atoms with van der Waals surface area (Å²) in [6.07, 6.45) is 0. The summed E-state index contributed by atoms with van der Waals surface area (Å²) < 4.78 is 1.45. The van der Waals surface area contributed by atoms with Crippen molar-refractivity contribution in [1.82, 2.24) is 0 Å². The van der Waals surface area contributed by atoms with Crippen LogP contribution in [0.5, 0.6) is 0 Å². The highest BCUT2D eigenvalue weighted by Crippen LogP contribution is 2.29. The Kier molecular flexibility index (Phi) is 1.10. The van der Waals surface area contributed by atoms with Crippen LogP contribution in [0.3, 0.4) is 0 Å². The molecule has 46 valence electrons. The van der Waals surface area contributed by atoms with Gasteiger partial charge in [-0.15, -0.1) is 22.7 Å². The van der Waals surface area contributed by atoms with Crippen molar-refractivity contribution in [2.24, 2.45) is 0 Å². The van der Waals surface area contributed by atoms with Crippen LogP contribution in [-0.2, 0) is 0 Å². The van der Waals surface area contributed by atoms with Gasteiger partial charge in [-0.05, 0) is 24.4 Å². The van der Waals surface area contributed by atoms with E-state index in [1.165, 1.54) is 14.3 Å². The molecule has 0 aliphatic rings. The first-order chi connectivity index (χ1) is 4.36. The van der Waals surface area contributed by atoms with E-state index in [0.29, 0.717) is 0 Å². The van der Waals surface area contributed by atoms with Gasteiger partial charge >= 0.3 is 0 Å². The minimum Gasteiger partial charge on any atom is -0.133 e. The van der Waals surface area contributed by atoms with Gasteiger partial charge in [0.2, 0.25) is 0 Å². The van der Waals surface area contributed by atoms with Gasteiger partial charge in [0.15, 0.2) is 0 Å². The van der Waals surface area contributed by atoms with Gasteiger partial charge in [-0.3, -0.25) is 0 Å². The third kappa shape index (κ3) is 0.787. The average Bonchev–Trinajstić information content (AvgIpc) is 2.22. The van der Waals surface area contributed by atoms with Crippen LogP contribution in [0.25, 0.3) is 9.40 Å². The summed E-state index contributed by atoms with van der Waals surface area (Å²) in [6.45, 7) is 2.15. The fraction of sp³-hybridized carbons (Fsp3) is 0.143. The molecule has 2 aromatic rings. The molecule has 2 heteroatoms. The molecule has 0 aromatic carbocycles. The fourth-order valence-corrected chi connectivity index (χ4v) is 2.97. The van der Waals surface area contributed by atoms with E-state index in [9.17, 15) is 0 Å². The zero-order valence-electron chi connectivity index (χ0n) is 5.05. The van der Waals surface area contributed by atoms with Crippen molar-refractivity contribution in [3.63, 3.8) is 0 Å². The Balaban J connectivity index is 2.92. The van der Waals surface area contributed by atoms with Crippen molar-refractivity contribution < 1.29 is 0 Å². The van der Waals surface area contributed by atoms with Crippen LogP contribution in [0.1, 0.15) is 4.88 Å². The zero-order chi connectivity index (χ0) is 6.27. The Bertz CT molecular complexity index is 288. The smallest absolute Gasteiger partial charge is 0.0867 e. The molecule has 0 N–H and O–H groups in total. The molecule has 0 spiro atoms. The molecule has 0 fully saturated rings. The van der Waals surface area contributed by atoms with Crippen LogP contribution in [0.2, 0.25) is 0 Å². The third-order valence-corrected chi connectivity index (χ3v) is 3.39. The van der Waals surface area contributed by atoms with Gasteiger partial charge in [0.1, 0.15) is 0 Å². The molecule has 0 aliphatic heterocycles. The molecule has 2 aromatic heterocycles. The Labute approximate surface area is 61.8 Å². The van der Waals surface area contributed by atoms with E-state index in [0.717, 1.165) is 0 Å². The van der Waals surface area contributed by atoms with E-state index in [4.69, 9.17) is 0 Å². The normalized spacial score (nSPS) is 10.8. The minimum absolute atomic E-state index is 1.41. The number of fused-ring (bicyclic) bond motifs is 1. The molecule has 0 bridgehead atoms. The topological polar surface area (TPSA) is 0 Å². The van der Waals surface area contributed by atoms with E-state index in [-0.39, 0.29) is 0 Å². The van der Waals surface area contributed by atoms with E-state index in [1.54, 1.807) is 0 Å². The highest BCUT2D eigenvalue weighted by Gasteiger charge is 1.96. The molecule has 0 unspecified atom stereocenters. The Morgan fingerprint density at radius 3 is 3.11 bits per heavy atom. The molecule has 0 amide bonds. The first kappa shape index (κ1) is 5.45. The molecule has 2 rings (SSSR count). The zero-order valence-corrected chi connectivity index (χ0v) is 6.68. The number of thiophene rings is 2. The van der Waals surface area contributed by atoms with E-state index in [1.807, 2.05) is 22.7 Å². The predicted molar refractivity (Wildman–Crippen MR) is 44.4 cm³/mol. The molecule has 0 nitrogen and oxygen atoms in total. The Hall–Kier alpha value is -0.340. The number of rotatable bonds is 0. The highest BCUT2D eigenvalue weighted by molar-refractivity contribution is 7.37. The van der Waals surface area contributed by atoms with Crippen LogP contribution in [0.4, 0.5) is 0 Å². The van der Waals surface area contributed by atoms with Crippen molar-refractivity contribution in [2.45, 2.75) is 6.92 Å². The standard InChI is InChI=1S/C7H6S2/c1-5-4-6-2-3-8-7(6)9-5/h2-4H,1H3. The van der Waals surface area contributed by atoms with Crippen molar-refractivity contribution in [3.8, 4) is 0 Å². The molecule has 0 saturated heterocycles. The van der Waals surface area contributed by atoms with Crippen molar-refractivity contribution >= 4 is 32.1 Å². The van der Waals surface area contributed by atoms with E-state index in [2.05, 4.69) is 24.4 Å². The van der Waals surface area contributed by atoms with Gasteiger partial charge in [-0.25, -0.2) is 0 Å². The molecular weight excluding hydrogens is 148 g/mol. The van der Waals surface area contributed by atoms with Crippen molar-refractivity contribution in [3.05, 3.63) is 22.4 Å². The van der Waals surface area contributed by atoms with Gasteiger partial charge < -0.3 is 0 Å². The van der Waals surface area contributed by atoms with Gasteiger partial charge in [0.25, 0.3) is 0 Å². The summed E-state index contributed by atoms with van der Waals surface area (Å²) in [5.74, 6) is 0. The first-order valence-electron chi connectivity index (χ1n) is 2.80. The summed E-state index contributed by atoms with van der Waals surface area (Å²) in [6, 6.07) is 4.40. The molecule has 2 heterocycles. The summed E-state index contributed by atoms with van der Waals surface area (Å²) in [5, 5.41) is 3.54. The van der Waals surface area contributed by atoms with E-state index < -0.39 is 0 Å². The maximum atomic E-state index is 2.23. The molecule has 0 aliphatic carbocycles. The SMILES string of the molecule is Cc1cc2ccsc2s1. The molecule has 9 heavy (non-hydrogen) atoms. The van der Waals surface area contributed by atoms with Crippen LogP contribution in [0.15, 0.2) is 17.5 Å². The van der Waals surface area contributed by atoms with Crippen LogP contribution < -0.4 is 0 Å². The largest absolute Gasteiger partial charge is 0.133 e. The van der Waals surface area contributed by atoms with Crippen LogP contribution in [0, 0.1) is 6.92 Å². The quantitative estimate of drug-likeness (QED) is 0.546. The highest BCUT2D eigenvalue weighted by atomic mass is 32.2. The second kappa shape index (κ2) is 1.82. The lowest BCUT2D eigenvalue weighted by Crippen LogP contribution is -1.47. The number of hydrogen-bond donors (Lipinski definition) is 0. The van der Waals surface area contributed by atoms with Crippen LogP contribution in [-0.4, -0.2) is 0 Å². The van der Waals surface area contributed by atoms with Crippen molar-refractivity contribution in [1.29, 1.82) is 0 Å². The minimum atomic E-state index is 1.41. The maximum absolute atomic E-state index is 2.23. The average molecular weight is 154 g/mol. The maximum Gasteiger partial charge on any atom is 0.0867 e. The molecular formula is C7H6S2. The Morgan fingerprint density at radius 2 is 2.33 bits per heavy atom. The van der Waals surface area contributed by atoms with Crippen LogP contribution >= 0.6 is 22.7 Å². The van der Waals surface area contributed by atoms with Gasteiger partial charge in [0, 0.05) is 10.3 Å². The Morgan fingerprint density at radius 1 is 1.44 bits per heavy atom. The monoisotopic (exact) mass is 154 g/mol. The van der Waals surface area contributed by atoms with Gasteiger partial charge in [-0.2, -0.15) is 0 Å². The predicted octanol–water partition coefficient (Wildman–Crippen LogP) is 3.27. The summed E-state index contributed by atoms with van der Waals surface area (Å²) in [4.78, 5) is 1.41. The summed E-state index contributed by atoms with van der Waals surface area (Å²) in [7, 11) is 0. The lowest BCUT2D eigenvalue weighted by molar-refractivity contribution is 1.66. The first-order valence-corrected chi connectivity index (χ1v) is 4.49. The second-order valence-electron chi connectivity index (χ2n) is 2.02. The van der Waals surface area contributed by atoms with Crippen molar-refractivity contribution in [2.75, 3.05) is 0 Å². The van der Waals surface area contributed by atoms with Gasteiger partial charge in [0.05, 0.1) is 4.01 Å². The fourth-order valence-electron chi connectivity index (χ4n) is 0.890. The van der Waals surface area contributed by atoms with E-state index >= 15 is 0 Å². The lowest BCUT2D eigenvalue weighted by atomic mass is 10.4. The van der Waals surface area contributed by atoms with Gasteiger partial charge in [-0.1, -0.05) is 0 Å². The number of aryl methyl sites for hydroxylation is 1. The molecule has 0 saturated carbocycles. The summed E-state index contributed by atoms with van der Waals surface area (Å²) >= 11 is 3.70. The number of hydrogen-bond acceptors (Lipinski definition) is 2. The summed E-state index contributed by atoms with van der Waals surface area (Å²) in [5.41, 5.74) is 0. The molecule has 0 radical (unpaired) electrons. The second-order valence-corrected chi connectivity index (χ2v) is 4.45.